The number of amides is 1. The van der Waals surface area contributed by atoms with Crippen LogP contribution in [0.4, 0.5) is 5.69 Å². The smallest absolute Gasteiger partial charge is 0.238 e. The van der Waals surface area contributed by atoms with Crippen LogP contribution in [-0.2, 0) is 4.79 Å². The van der Waals surface area contributed by atoms with Crippen LogP contribution >= 0.6 is 24.8 Å². The molecule has 0 atom stereocenters. The van der Waals surface area contributed by atoms with Gasteiger partial charge in [-0.25, -0.2) is 4.98 Å². The summed E-state index contributed by atoms with van der Waals surface area (Å²) in [5.74, 6) is 1.46. The highest BCUT2D eigenvalue weighted by Crippen LogP contribution is 2.35. The highest BCUT2D eigenvalue weighted by molar-refractivity contribution is 5.94. The quantitative estimate of drug-likeness (QED) is 0.813. The normalized spacial score (nSPS) is 14.1. The molecule has 0 aliphatic heterocycles. The number of aromatic amines is 1. The molecule has 1 aliphatic carbocycles. The first kappa shape index (κ1) is 16.8. The third-order valence-electron chi connectivity index (χ3n) is 3.46. The van der Waals surface area contributed by atoms with Gasteiger partial charge in [0.15, 0.2) is 0 Å². The second kappa shape index (κ2) is 6.92. The number of nitrogens with zero attached hydrogens (tertiary/aromatic N) is 1. The molecule has 1 aliphatic rings. The van der Waals surface area contributed by atoms with E-state index in [9.17, 15) is 4.79 Å². The summed E-state index contributed by atoms with van der Waals surface area (Å²) in [5, 5.41) is 2.74. The highest BCUT2D eigenvalue weighted by atomic mass is 35.5. The van der Waals surface area contributed by atoms with Crippen molar-refractivity contribution in [1.82, 2.24) is 9.97 Å². The molecule has 0 spiro atoms. The molecule has 0 radical (unpaired) electrons. The molecule has 4 N–H and O–H groups in total. The van der Waals surface area contributed by atoms with Crippen LogP contribution < -0.4 is 11.1 Å². The lowest BCUT2D eigenvalue weighted by Crippen LogP contribution is -2.21. The summed E-state index contributed by atoms with van der Waals surface area (Å²) in [7, 11) is 0. The number of rotatable bonds is 3. The molecule has 1 aromatic carbocycles. The number of nitrogens with two attached hydrogens (primary N) is 1. The second-order valence-electron chi connectivity index (χ2n) is 4.73. The van der Waals surface area contributed by atoms with E-state index in [1.807, 2.05) is 18.2 Å². The molecule has 1 aromatic heterocycles. The summed E-state index contributed by atoms with van der Waals surface area (Å²) < 4.78 is 0. The minimum absolute atomic E-state index is 0. The molecule has 1 fully saturated rings. The van der Waals surface area contributed by atoms with Gasteiger partial charge in [-0.05, 0) is 31.0 Å². The van der Waals surface area contributed by atoms with Gasteiger partial charge in [-0.3, -0.25) is 4.79 Å². The average Bonchev–Trinajstić information content (AvgIpc) is 2.68. The molecule has 110 valence electrons. The van der Waals surface area contributed by atoms with E-state index in [1.165, 1.54) is 19.3 Å². The Morgan fingerprint density at radius 3 is 2.75 bits per heavy atom. The van der Waals surface area contributed by atoms with Gasteiger partial charge in [-0.15, -0.1) is 24.8 Å². The molecular formula is C13H18Cl2N4O. The standard InChI is InChI=1S/C13H16N4O.2ClH/c14-7-12(18)15-9-4-5-10-11(6-9)17-13(16-10)8-2-1-3-8;;/h4-6,8H,1-3,7,14H2,(H,15,18)(H,16,17);2*1H. The zero-order valence-electron chi connectivity index (χ0n) is 10.9. The molecule has 1 saturated carbocycles. The van der Waals surface area contributed by atoms with E-state index in [1.54, 1.807) is 0 Å². The maximum atomic E-state index is 11.2. The Kier molecular flexibility index (Phi) is 5.80. The van der Waals surface area contributed by atoms with Crippen LogP contribution in [0.1, 0.15) is 31.0 Å². The van der Waals surface area contributed by atoms with Crippen molar-refractivity contribution in [2.75, 3.05) is 11.9 Å². The maximum Gasteiger partial charge on any atom is 0.238 e. The van der Waals surface area contributed by atoms with Crippen molar-refractivity contribution >= 4 is 47.4 Å². The zero-order chi connectivity index (χ0) is 12.5. The van der Waals surface area contributed by atoms with E-state index >= 15 is 0 Å². The number of nitrogens with one attached hydrogen (secondary N) is 2. The number of benzene rings is 1. The number of fused-ring (bicyclic) bond motifs is 1. The van der Waals surface area contributed by atoms with E-state index in [-0.39, 0.29) is 37.3 Å². The predicted molar refractivity (Wildman–Crippen MR) is 84.9 cm³/mol. The van der Waals surface area contributed by atoms with Crippen molar-refractivity contribution in [3.63, 3.8) is 0 Å². The molecule has 0 unspecified atom stereocenters. The Labute approximate surface area is 129 Å². The van der Waals surface area contributed by atoms with Crippen LogP contribution in [0.5, 0.6) is 0 Å². The largest absolute Gasteiger partial charge is 0.342 e. The zero-order valence-corrected chi connectivity index (χ0v) is 12.5. The molecule has 1 amide bonds. The number of aromatic nitrogens is 2. The van der Waals surface area contributed by atoms with Crippen molar-refractivity contribution < 1.29 is 4.79 Å². The van der Waals surface area contributed by atoms with Gasteiger partial charge < -0.3 is 16.0 Å². The monoisotopic (exact) mass is 316 g/mol. The summed E-state index contributed by atoms with van der Waals surface area (Å²) >= 11 is 0. The van der Waals surface area contributed by atoms with Gasteiger partial charge in [0, 0.05) is 11.6 Å². The predicted octanol–water partition coefficient (Wildman–Crippen LogP) is 2.57. The number of halogens is 2. The molecular weight excluding hydrogens is 299 g/mol. The van der Waals surface area contributed by atoms with Crippen LogP contribution in [0.2, 0.25) is 0 Å². The fourth-order valence-corrected chi connectivity index (χ4v) is 2.19. The SMILES string of the molecule is Cl.Cl.NCC(=O)Nc1ccc2nc(C3CCC3)[nH]c2c1. The number of hydrogen-bond acceptors (Lipinski definition) is 3. The summed E-state index contributed by atoms with van der Waals surface area (Å²) in [4.78, 5) is 19.1. The van der Waals surface area contributed by atoms with E-state index in [0.29, 0.717) is 5.92 Å². The lowest BCUT2D eigenvalue weighted by atomic mass is 9.85. The van der Waals surface area contributed by atoms with Gasteiger partial charge in [0.05, 0.1) is 17.6 Å². The Balaban J connectivity index is 0.000001000. The maximum absolute atomic E-state index is 11.2. The second-order valence-corrected chi connectivity index (χ2v) is 4.73. The molecule has 2 aromatic rings. The molecule has 20 heavy (non-hydrogen) atoms. The summed E-state index contributed by atoms with van der Waals surface area (Å²) in [6.45, 7) is -0.00562. The third-order valence-corrected chi connectivity index (χ3v) is 3.46. The Morgan fingerprint density at radius 2 is 2.15 bits per heavy atom. The van der Waals surface area contributed by atoms with E-state index in [4.69, 9.17) is 5.73 Å². The van der Waals surface area contributed by atoms with Crippen molar-refractivity contribution in [1.29, 1.82) is 0 Å². The molecule has 5 nitrogen and oxygen atoms in total. The van der Waals surface area contributed by atoms with E-state index in [0.717, 1.165) is 22.5 Å². The highest BCUT2D eigenvalue weighted by Gasteiger charge is 2.22. The summed E-state index contributed by atoms with van der Waals surface area (Å²) in [5.41, 5.74) is 7.93. The number of H-pyrrole nitrogens is 1. The first-order chi connectivity index (χ1) is 8.76. The van der Waals surface area contributed by atoms with Crippen molar-refractivity contribution in [3.8, 4) is 0 Å². The van der Waals surface area contributed by atoms with Crippen molar-refractivity contribution in [3.05, 3.63) is 24.0 Å². The molecule has 3 rings (SSSR count). The summed E-state index contributed by atoms with van der Waals surface area (Å²) in [6, 6.07) is 5.67. The minimum atomic E-state index is -0.187. The number of imidazole rings is 1. The number of carbonyl (C=O) groups is 1. The third kappa shape index (κ3) is 3.23. The minimum Gasteiger partial charge on any atom is -0.342 e. The fraction of sp³-hybridized carbons (Fsp3) is 0.385. The Hall–Kier alpha value is -1.30. The van der Waals surface area contributed by atoms with Gasteiger partial charge in [0.2, 0.25) is 5.91 Å². The van der Waals surface area contributed by atoms with Crippen LogP contribution in [0.3, 0.4) is 0 Å². The Morgan fingerprint density at radius 1 is 1.40 bits per heavy atom. The van der Waals surface area contributed by atoms with Crippen LogP contribution in [0.25, 0.3) is 11.0 Å². The number of anilines is 1. The topological polar surface area (TPSA) is 83.8 Å². The van der Waals surface area contributed by atoms with Gasteiger partial charge in [0.1, 0.15) is 5.82 Å². The Bertz CT molecular complexity index is 595. The van der Waals surface area contributed by atoms with E-state index in [2.05, 4.69) is 15.3 Å². The summed E-state index contributed by atoms with van der Waals surface area (Å²) in [6.07, 6.45) is 3.73. The lowest BCUT2D eigenvalue weighted by molar-refractivity contribution is -0.114. The van der Waals surface area contributed by atoms with Gasteiger partial charge in [0.25, 0.3) is 0 Å². The number of carbonyl (C=O) groups excluding carboxylic acids is 1. The average molecular weight is 317 g/mol. The van der Waals surface area contributed by atoms with Crippen molar-refractivity contribution in [2.45, 2.75) is 25.2 Å². The van der Waals surface area contributed by atoms with Crippen LogP contribution in [0.15, 0.2) is 18.2 Å². The van der Waals surface area contributed by atoms with Gasteiger partial charge in [-0.1, -0.05) is 6.42 Å². The van der Waals surface area contributed by atoms with Gasteiger partial charge >= 0.3 is 0 Å². The molecule has 1 heterocycles. The van der Waals surface area contributed by atoms with Crippen LogP contribution in [-0.4, -0.2) is 22.4 Å². The first-order valence-corrected chi connectivity index (χ1v) is 6.26. The fourth-order valence-electron chi connectivity index (χ4n) is 2.19. The lowest BCUT2D eigenvalue weighted by Gasteiger charge is -2.22. The van der Waals surface area contributed by atoms with E-state index < -0.39 is 0 Å². The molecule has 7 heteroatoms. The number of hydrogen-bond donors (Lipinski definition) is 3. The molecule has 0 saturated heterocycles. The van der Waals surface area contributed by atoms with Crippen LogP contribution in [0, 0.1) is 0 Å². The molecule has 0 bridgehead atoms. The van der Waals surface area contributed by atoms with Crippen molar-refractivity contribution in [2.24, 2.45) is 5.73 Å². The first-order valence-electron chi connectivity index (χ1n) is 6.26. The van der Waals surface area contributed by atoms with Gasteiger partial charge in [-0.2, -0.15) is 0 Å².